The smallest absolute Gasteiger partial charge is 0.293 e. The molecule has 5 nitrogen and oxygen atoms in total. The number of hydrogen-bond acceptors (Lipinski definition) is 5. The molecule has 3 aromatic carbocycles. The molecule has 0 spiro atoms. The van der Waals surface area contributed by atoms with Crippen molar-refractivity contribution >= 4 is 40.6 Å². The molecule has 1 aliphatic rings. The molecule has 0 N–H and O–H groups in total. The van der Waals surface area contributed by atoms with Gasteiger partial charge in [0.15, 0.2) is 0 Å². The molecule has 1 heterocycles. The molecule has 174 valence electrons. The molecule has 1 saturated heterocycles. The summed E-state index contributed by atoms with van der Waals surface area (Å²) in [6.45, 7) is 4.71. The van der Waals surface area contributed by atoms with Gasteiger partial charge in [0.1, 0.15) is 24.7 Å². The van der Waals surface area contributed by atoms with Crippen LogP contribution in [0.15, 0.2) is 71.6 Å². The molecule has 0 aromatic heterocycles. The van der Waals surface area contributed by atoms with Gasteiger partial charge in [-0.05, 0) is 72.6 Å². The SMILES string of the molecule is Cc1ccc(C)c(OCCN2C(=O)S/C(=C\c3cccc(OCc4ccccc4Cl)c3)C2=O)c1. The minimum Gasteiger partial charge on any atom is -0.491 e. The highest BCUT2D eigenvalue weighted by atomic mass is 35.5. The summed E-state index contributed by atoms with van der Waals surface area (Å²) in [5.41, 5.74) is 3.76. The molecule has 34 heavy (non-hydrogen) atoms. The zero-order valence-corrected chi connectivity index (χ0v) is 20.5. The van der Waals surface area contributed by atoms with Crippen LogP contribution in [0.4, 0.5) is 4.79 Å². The predicted molar refractivity (Wildman–Crippen MR) is 136 cm³/mol. The minimum atomic E-state index is -0.318. The maximum atomic E-state index is 12.8. The monoisotopic (exact) mass is 493 g/mol. The Morgan fingerprint density at radius 2 is 1.79 bits per heavy atom. The molecule has 0 radical (unpaired) electrons. The van der Waals surface area contributed by atoms with E-state index in [-0.39, 0.29) is 24.3 Å². The second-order valence-corrected chi connectivity index (χ2v) is 9.30. The Bertz CT molecular complexity index is 1260. The van der Waals surface area contributed by atoms with Gasteiger partial charge in [-0.1, -0.05) is 54.1 Å². The van der Waals surface area contributed by atoms with Gasteiger partial charge in [0.25, 0.3) is 11.1 Å². The van der Waals surface area contributed by atoms with Crippen molar-refractivity contribution in [2.75, 3.05) is 13.2 Å². The van der Waals surface area contributed by atoms with Crippen molar-refractivity contribution in [1.29, 1.82) is 0 Å². The Balaban J connectivity index is 1.38. The van der Waals surface area contributed by atoms with Crippen LogP contribution in [0.2, 0.25) is 5.02 Å². The van der Waals surface area contributed by atoms with E-state index in [1.165, 1.54) is 4.90 Å². The van der Waals surface area contributed by atoms with E-state index >= 15 is 0 Å². The number of nitrogens with zero attached hydrogens (tertiary/aromatic N) is 1. The van der Waals surface area contributed by atoms with Gasteiger partial charge in [-0.25, -0.2) is 0 Å². The standard InChI is InChI=1S/C27H24ClNO4S/c1-18-10-11-19(2)24(14-18)32-13-12-29-26(30)25(34-27(29)31)16-20-6-5-8-22(15-20)33-17-21-7-3-4-9-23(21)28/h3-11,14-16H,12-13,17H2,1-2H3/b25-16-. The van der Waals surface area contributed by atoms with Gasteiger partial charge in [0.05, 0.1) is 11.4 Å². The lowest BCUT2D eigenvalue weighted by atomic mass is 10.1. The molecule has 7 heteroatoms. The average Bonchev–Trinajstić information content (AvgIpc) is 3.08. The van der Waals surface area contributed by atoms with E-state index in [1.54, 1.807) is 6.08 Å². The maximum absolute atomic E-state index is 12.8. The van der Waals surface area contributed by atoms with Gasteiger partial charge >= 0.3 is 0 Å². The van der Waals surface area contributed by atoms with Crippen LogP contribution in [-0.4, -0.2) is 29.2 Å². The number of thioether (sulfide) groups is 1. The van der Waals surface area contributed by atoms with E-state index < -0.39 is 0 Å². The van der Waals surface area contributed by atoms with Crippen LogP contribution in [0.25, 0.3) is 6.08 Å². The highest BCUT2D eigenvalue weighted by Crippen LogP contribution is 2.32. The lowest BCUT2D eigenvalue weighted by Crippen LogP contribution is -2.32. The Hall–Kier alpha value is -3.22. The number of carbonyl (C=O) groups is 2. The number of imide groups is 1. The molecule has 1 aliphatic heterocycles. The van der Waals surface area contributed by atoms with Crippen molar-refractivity contribution in [3.8, 4) is 11.5 Å². The third-order valence-corrected chi connectivity index (χ3v) is 6.57. The highest BCUT2D eigenvalue weighted by Gasteiger charge is 2.34. The number of rotatable bonds is 8. The number of aryl methyl sites for hydroxylation is 2. The Kier molecular flexibility index (Phi) is 7.60. The van der Waals surface area contributed by atoms with Crippen molar-refractivity contribution in [3.05, 3.63) is 98.9 Å². The fraction of sp³-hybridized carbons (Fsp3) is 0.185. The minimum absolute atomic E-state index is 0.191. The predicted octanol–water partition coefficient (Wildman–Crippen LogP) is 6.65. The first-order valence-corrected chi connectivity index (χ1v) is 12.0. The molecule has 1 fully saturated rings. The van der Waals surface area contributed by atoms with Crippen LogP contribution in [0, 0.1) is 13.8 Å². The zero-order valence-electron chi connectivity index (χ0n) is 18.9. The Morgan fingerprint density at radius 3 is 2.62 bits per heavy atom. The third-order valence-electron chi connectivity index (χ3n) is 5.30. The van der Waals surface area contributed by atoms with E-state index in [0.717, 1.165) is 39.8 Å². The van der Waals surface area contributed by atoms with Crippen LogP contribution in [0.3, 0.4) is 0 Å². The first-order chi connectivity index (χ1) is 16.4. The summed E-state index contributed by atoms with van der Waals surface area (Å²) in [5, 5.41) is 0.348. The van der Waals surface area contributed by atoms with E-state index in [0.29, 0.717) is 22.3 Å². The molecular weight excluding hydrogens is 470 g/mol. The molecule has 0 unspecified atom stereocenters. The van der Waals surface area contributed by atoms with Gasteiger partial charge in [-0.3, -0.25) is 14.5 Å². The van der Waals surface area contributed by atoms with E-state index in [4.69, 9.17) is 21.1 Å². The lowest BCUT2D eigenvalue weighted by Gasteiger charge is -2.14. The van der Waals surface area contributed by atoms with Crippen molar-refractivity contribution in [1.82, 2.24) is 4.90 Å². The molecule has 3 aromatic rings. The average molecular weight is 494 g/mol. The topological polar surface area (TPSA) is 55.8 Å². The summed E-state index contributed by atoms with van der Waals surface area (Å²) in [6, 6.07) is 20.8. The van der Waals surface area contributed by atoms with Crippen LogP contribution in [0.5, 0.6) is 11.5 Å². The second kappa shape index (κ2) is 10.8. The van der Waals surface area contributed by atoms with E-state index in [1.807, 2.05) is 80.6 Å². The summed E-state index contributed by atoms with van der Waals surface area (Å²) in [4.78, 5) is 26.9. The summed E-state index contributed by atoms with van der Waals surface area (Å²) < 4.78 is 11.7. The van der Waals surface area contributed by atoms with E-state index in [2.05, 4.69) is 0 Å². The lowest BCUT2D eigenvalue weighted by molar-refractivity contribution is -0.123. The molecule has 4 rings (SSSR count). The Morgan fingerprint density at radius 1 is 0.971 bits per heavy atom. The maximum Gasteiger partial charge on any atom is 0.293 e. The third kappa shape index (κ3) is 5.82. The largest absolute Gasteiger partial charge is 0.491 e. The van der Waals surface area contributed by atoms with Gasteiger partial charge in [-0.2, -0.15) is 0 Å². The van der Waals surface area contributed by atoms with Gasteiger partial charge in [-0.15, -0.1) is 0 Å². The van der Waals surface area contributed by atoms with Crippen LogP contribution < -0.4 is 9.47 Å². The molecule has 0 atom stereocenters. The molecule has 2 amide bonds. The summed E-state index contributed by atoms with van der Waals surface area (Å²) in [5.74, 6) is 1.09. The fourth-order valence-electron chi connectivity index (χ4n) is 3.42. The number of amides is 2. The molecular formula is C27H24ClNO4S. The first-order valence-electron chi connectivity index (χ1n) is 10.8. The van der Waals surface area contributed by atoms with Gasteiger partial charge < -0.3 is 9.47 Å². The van der Waals surface area contributed by atoms with Gasteiger partial charge in [0, 0.05) is 10.6 Å². The van der Waals surface area contributed by atoms with Crippen molar-refractivity contribution in [2.45, 2.75) is 20.5 Å². The fourth-order valence-corrected chi connectivity index (χ4v) is 4.48. The summed E-state index contributed by atoms with van der Waals surface area (Å²) in [7, 11) is 0. The molecule has 0 bridgehead atoms. The summed E-state index contributed by atoms with van der Waals surface area (Å²) in [6.07, 6.45) is 1.71. The van der Waals surface area contributed by atoms with Crippen LogP contribution in [0.1, 0.15) is 22.3 Å². The number of carbonyl (C=O) groups excluding carboxylic acids is 2. The van der Waals surface area contributed by atoms with Crippen molar-refractivity contribution in [3.63, 3.8) is 0 Å². The van der Waals surface area contributed by atoms with Crippen molar-refractivity contribution < 1.29 is 19.1 Å². The van der Waals surface area contributed by atoms with Crippen molar-refractivity contribution in [2.24, 2.45) is 0 Å². The normalized spacial score (nSPS) is 14.7. The zero-order chi connectivity index (χ0) is 24.1. The second-order valence-electron chi connectivity index (χ2n) is 7.90. The summed E-state index contributed by atoms with van der Waals surface area (Å²) >= 11 is 7.12. The van der Waals surface area contributed by atoms with Crippen LogP contribution >= 0.6 is 23.4 Å². The Labute approximate surface area is 208 Å². The highest BCUT2D eigenvalue weighted by molar-refractivity contribution is 8.18. The number of ether oxygens (including phenoxy) is 2. The molecule has 0 saturated carbocycles. The van der Waals surface area contributed by atoms with Crippen LogP contribution in [-0.2, 0) is 11.4 Å². The first kappa shape index (κ1) is 23.9. The number of hydrogen-bond donors (Lipinski definition) is 0. The van der Waals surface area contributed by atoms with E-state index in [9.17, 15) is 9.59 Å². The number of benzene rings is 3. The van der Waals surface area contributed by atoms with Gasteiger partial charge in [0.2, 0.25) is 0 Å². The number of halogens is 1. The quantitative estimate of drug-likeness (QED) is 0.329. The molecule has 0 aliphatic carbocycles.